The second-order valence-corrected chi connectivity index (χ2v) is 5.46. The van der Waals surface area contributed by atoms with Gasteiger partial charge in [-0.2, -0.15) is 0 Å². The Labute approximate surface area is 129 Å². The molecule has 7 heteroatoms. The molecule has 104 valence electrons. The molecule has 0 saturated carbocycles. The minimum atomic E-state index is -0.212. The predicted molar refractivity (Wildman–Crippen MR) is 81.5 cm³/mol. The molecule has 3 aromatic rings. The molecule has 1 aromatic carbocycles. The van der Waals surface area contributed by atoms with E-state index in [-0.39, 0.29) is 5.56 Å². The lowest BCUT2D eigenvalue weighted by molar-refractivity contribution is 0.930. The second kappa shape index (κ2) is 6.07. The lowest BCUT2D eigenvalue weighted by Crippen LogP contribution is -2.05. The first-order valence-corrected chi connectivity index (χ1v) is 7.23. The number of nitrogens with zero attached hydrogens (tertiary/aromatic N) is 3. The predicted octanol–water partition coefficient (Wildman–Crippen LogP) is 3.03. The number of rotatable bonds is 3. The molecule has 0 radical (unpaired) electrons. The number of aromatic amines is 1. The van der Waals surface area contributed by atoms with E-state index in [1.165, 1.54) is 24.0 Å². The van der Waals surface area contributed by atoms with Gasteiger partial charge in [0, 0.05) is 23.9 Å². The fraction of sp³-hybridized carbons (Fsp3) is 0. The Balaban J connectivity index is 1.97. The molecule has 0 aliphatic heterocycles. The molecule has 2 aromatic heterocycles. The summed E-state index contributed by atoms with van der Waals surface area (Å²) in [5, 5.41) is 1.41. The van der Waals surface area contributed by atoms with Gasteiger partial charge in [-0.15, -0.1) is 0 Å². The summed E-state index contributed by atoms with van der Waals surface area (Å²) in [6.45, 7) is 0. The Morgan fingerprint density at radius 1 is 1.10 bits per heavy atom. The molecule has 1 N–H and O–H groups in total. The number of halogens is 1. The Bertz CT molecular complexity index is 822. The first-order chi connectivity index (χ1) is 10.2. The molecule has 0 aliphatic rings. The van der Waals surface area contributed by atoms with E-state index in [1.807, 2.05) is 30.3 Å². The van der Waals surface area contributed by atoms with Crippen molar-refractivity contribution in [1.29, 1.82) is 0 Å². The highest BCUT2D eigenvalue weighted by molar-refractivity contribution is 7.99. The summed E-state index contributed by atoms with van der Waals surface area (Å²) in [5.74, 6) is 0.531. The molecule has 21 heavy (non-hydrogen) atoms. The van der Waals surface area contributed by atoms with Crippen molar-refractivity contribution in [3.05, 3.63) is 64.2 Å². The van der Waals surface area contributed by atoms with Gasteiger partial charge in [-0.3, -0.25) is 4.79 Å². The third-order valence-corrected chi connectivity index (χ3v) is 3.57. The SMILES string of the molecule is O=c1ccnc(Sc2cc(Cl)nc(-c3ccccc3)n2)[nH]1. The van der Waals surface area contributed by atoms with Crippen LogP contribution in [0, 0.1) is 0 Å². The average Bonchev–Trinajstić information content (AvgIpc) is 2.47. The van der Waals surface area contributed by atoms with Crippen LogP contribution in [0.4, 0.5) is 0 Å². The highest BCUT2D eigenvalue weighted by Gasteiger charge is 2.08. The van der Waals surface area contributed by atoms with E-state index in [0.717, 1.165) is 5.56 Å². The number of hydrogen-bond donors (Lipinski definition) is 1. The summed E-state index contributed by atoms with van der Waals surface area (Å²) in [4.78, 5) is 26.6. The largest absolute Gasteiger partial charge is 0.301 e. The van der Waals surface area contributed by atoms with E-state index >= 15 is 0 Å². The van der Waals surface area contributed by atoms with Crippen molar-refractivity contribution in [3.63, 3.8) is 0 Å². The molecule has 0 fully saturated rings. The van der Waals surface area contributed by atoms with Gasteiger partial charge < -0.3 is 4.98 Å². The van der Waals surface area contributed by atoms with Crippen LogP contribution in [0.15, 0.2) is 63.6 Å². The molecule has 0 saturated heterocycles. The van der Waals surface area contributed by atoms with E-state index in [4.69, 9.17) is 11.6 Å². The maximum Gasteiger partial charge on any atom is 0.251 e. The first kappa shape index (κ1) is 13.8. The molecule has 0 spiro atoms. The molecular formula is C14H9ClN4OS. The normalized spacial score (nSPS) is 10.5. The van der Waals surface area contributed by atoms with Gasteiger partial charge in [0.05, 0.1) is 0 Å². The van der Waals surface area contributed by atoms with Crippen molar-refractivity contribution in [2.45, 2.75) is 10.2 Å². The van der Waals surface area contributed by atoms with Crippen LogP contribution in [0.2, 0.25) is 5.15 Å². The van der Waals surface area contributed by atoms with Crippen LogP contribution < -0.4 is 5.56 Å². The Morgan fingerprint density at radius 3 is 2.67 bits per heavy atom. The van der Waals surface area contributed by atoms with Crippen LogP contribution in [-0.2, 0) is 0 Å². The third kappa shape index (κ3) is 3.48. The molecule has 0 bridgehead atoms. The second-order valence-electron chi connectivity index (χ2n) is 4.06. The van der Waals surface area contributed by atoms with E-state index in [2.05, 4.69) is 19.9 Å². The Kier molecular flexibility index (Phi) is 3.98. The number of hydrogen-bond acceptors (Lipinski definition) is 5. The smallest absolute Gasteiger partial charge is 0.251 e. The third-order valence-electron chi connectivity index (χ3n) is 2.55. The molecule has 0 atom stereocenters. The summed E-state index contributed by atoms with van der Waals surface area (Å²) in [6.07, 6.45) is 1.45. The molecule has 2 heterocycles. The summed E-state index contributed by atoms with van der Waals surface area (Å²) < 4.78 is 0. The molecule has 0 aliphatic carbocycles. The zero-order valence-corrected chi connectivity index (χ0v) is 12.2. The zero-order valence-electron chi connectivity index (χ0n) is 10.7. The van der Waals surface area contributed by atoms with E-state index in [0.29, 0.717) is 21.2 Å². The van der Waals surface area contributed by atoms with Crippen LogP contribution in [0.1, 0.15) is 0 Å². The maximum absolute atomic E-state index is 11.3. The fourth-order valence-corrected chi connectivity index (χ4v) is 2.68. The summed E-state index contributed by atoms with van der Waals surface area (Å²) in [6, 6.07) is 12.5. The van der Waals surface area contributed by atoms with E-state index in [9.17, 15) is 4.79 Å². The van der Waals surface area contributed by atoms with Crippen LogP contribution in [-0.4, -0.2) is 19.9 Å². The van der Waals surface area contributed by atoms with Crippen molar-refractivity contribution in [2.75, 3.05) is 0 Å². The van der Waals surface area contributed by atoms with Gasteiger partial charge in [-0.25, -0.2) is 15.0 Å². The first-order valence-electron chi connectivity index (χ1n) is 6.04. The highest BCUT2D eigenvalue weighted by atomic mass is 35.5. The molecule has 0 amide bonds. The highest BCUT2D eigenvalue weighted by Crippen LogP contribution is 2.26. The summed E-state index contributed by atoms with van der Waals surface area (Å²) in [7, 11) is 0. The van der Waals surface area contributed by atoms with Crippen molar-refractivity contribution >= 4 is 23.4 Å². The van der Waals surface area contributed by atoms with Crippen molar-refractivity contribution in [2.24, 2.45) is 0 Å². The van der Waals surface area contributed by atoms with Gasteiger partial charge in [0.25, 0.3) is 5.56 Å². The van der Waals surface area contributed by atoms with Gasteiger partial charge in [0.2, 0.25) is 0 Å². The minimum Gasteiger partial charge on any atom is -0.301 e. The van der Waals surface area contributed by atoms with E-state index in [1.54, 1.807) is 6.07 Å². The average molecular weight is 317 g/mol. The van der Waals surface area contributed by atoms with Gasteiger partial charge in [-0.05, 0) is 11.8 Å². The zero-order chi connectivity index (χ0) is 14.7. The molecule has 0 unspecified atom stereocenters. The summed E-state index contributed by atoms with van der Waals surface area (Å²) in [5.41, 5.74) is 0.660. The lowest BCUT2D eigenvalue weighted by Gasteiger charge is -2.04. The lowest BCUT2D eigenvalue weighted by atomic mass is 10.2. The number of nitrogens with one attached hydrogen (secondary N) is 1. The van der Waals surface area contributed by atoms with Crippen LogP contribution >= 0.6 is 23.4 Å². The minimum absolute atomic E-state index is 0.212. The topological polar surface area (TPSA) is 71.5 Å². The fourth-order valence-electron chi connectivity index (χ4n) is 1.67. The monoisotopic (exact) mass is 316 g/mol. The Hall–Kier alpha value is -2.18. The van der Waals surface area contributed by atoms with Crippen molar-refractivity contribution in [3.8, 4) is 11.4 Å². The van der Waals surface area contributed by atoms with Crippen molar-refractivity contribution < 1.29 is 0 Å². The van der Waals surface area contributed by atoms with Gasteiger partial charge in [0.1, 0.15) is 10.2 Å². The van der Waals surface area contributed by atoms with Gasteiger partial charge in [-0.1, -0.05) is 41.9 Å². The molecule has 3 rings (SSSR count). The number of H-pyrrole nitrogens is 1. The number of aromatic nitrogens is 4. The number of benzene rings is 1. The van der Waals surface area contributed by atoms with Crippen LogP contribution in [0.5, 0.6) is 0 Å². The van der Waals surface area contributed by atoms with Gasteiger partial charge >= 0.3 is 0 Å². The molecular weight excluding hydrogens is 308 g/mol. The summed E-state index contributed by atoms with van der Waals surface area (Å²) >= 11 is 7.26. The molecule has 5 nitrogen and oxygen atoms in total. The van der Waals surface area contributed by atoms with E-state index < -0.39 is 0 Å². The standard InChI is InChI=1S/C14H9ClN4OS/c15-10-8-12(21-14-16-7-6-11(20)18-14)19-13(17-10)9-4-2-1-3-5-9/h1-8H,(H,16,18,20). The van der Waals surface area contributed by atoms with Gasteiger partial charge in [0.15, 0.2) is 11.0 Å². The van der Waals surface area contributed by atoms with Crippen LogP contribution in [0.25, 0.3) is 11.4 Å². The quantitative estimate of drug-likeness (QED) is 0.594. The Morgan fingerprint density at radius 2 is 1.90 bits per heavy atom. The van der Waals surface area contributed by atoms with Crippen molar-refractivity contribution in [1.82, 2.24) is 19.9 Å². The van der Waals surface area contributed by atoms with Crippen LogP contribution in [0.3, 0.4) is 0 Å². The maximum atomic E-state index is 11.3.